The van der Waals surface area contributed by atoms with Gasteiger partial charge in [-0.25, -0.2) is 0 Å². The zero-order chi connectivity index (χ0) is 13.3. The third-order valence-electron chi connectivity index (χ3n) is 4.88. The summed E-state index contributed by atoms with van der Waals surface area (Å²) in [5.41, 5.74) is 7.69. The number of fused-ring (bicyclic) bond motifs is 1. The molecular weight excluding hydrogens is 238 g/mol. The number of nitrogens with two attached hydrogens (primary N) is 1. The van der Waals surface area contributed by atoms with Crippen LogP contribution < -0.4 is 10.6 Å². The fourth-order valence-corrected chi connectivity index (χ4v) is 3.66. The molecule has 1 aromatic rings. The predicted octanol–water partition coefficient (Wildman–Crippen LogP) is 1.67. The topological polar surface area (TPSA) is 62.4 Å². The van der Waals surface area contributed by atoms with Gasteiger partial charge in [0.2, 0.25) is 0 Å². The third kappa shape index (κ3) is 2.35. The second kappa shape index (κ2) is 5.10. The summed E-state index contributed by atoms with van der Waals surface area (Å²) in [6.07, 6.45) is 9.12. The molecule has 2 atom stereocenters. The largest absolute Gasteiger partial charge is 0.389 e. The lowest BCUT2D eigenvalue weighted by Crippen LogP contribution is -2.53. The van der Waals surface area contributed by atoms with E-state index in [1.807, 2.05) is 12.3 Å². The molecule has 19 heavy (non-hydrogen) atoms. The number of aromatic nitrogens is 1. The minimum absolute atomic E-state index is 0.404. The van der Waals surface area contributed by atoms with Crippen molar-refractivity contribution in [3.05, 3.63) is 24.0 Å². The van der Waals surface area contributed by atoms with E-state index >= 15 is 0 Å². The summed E-state index contributed by atoms with van der Waals surface area (Å²) in [6, 6.07) is 2.00. The molecule has 3 rings (SSSR count). The average molecular weight is 261 g/mol. The Labute approximate surface area is 114 Å². The highest BCUT2D eigenvalue weighted by molar-refractivity contribution is 5.52. The maximum absolute atomic E-state index is 10.7. The summed E-state index contributed by atoms with van der Waals surface area (Å²) in [4.78, 5) is 6.59. The van der Waals surface area contributed by atoms with E-state index in [0.29, 0.717) is 12.5 Å². The number of rotatable bonds is 2. The SMILES string of the molecule is NCc1ccncc1N1CCC2(O)CCCCC2C1. The van der Waals surface area contributed by atoms with E-state index in [-0.39, 0.29) is 0 Å². The number of anilines is 1. The van der Waals surface area contributed by atoms with Crippen molar-refractivity contribution in [3.8, 4) is 0 Å². The van der Waals surface area contributed by atoms with Gasteiger partial charge >= 0.3 is 0 Å². The lowest BCUT2D eigenvalue weighted by molar-refractivity contribution is -0.0612. The fourth-order valence-electron chi connectivity index (χ4n) is 3.66. The first kappa shape index (κ1) is 12.9. The molecule has 0 amide bonds. The molecule has 0 bridgehead atoms. The van der Waals surface area contributed by atoms with Crippen LogP contribution in [-0.4, -0.2) is 28.8 Å². The first-order valence-corrected chi connectivity index (χ1v) is 7.33. The van der Waals surface area contributed by atoms with Crippen LogP contribution in [0.4, 0.5) is 5.69 Å². The molecule has 1 saturated heterocycles. The number of aliphatic hydroxyl groups is 1. The van der Waals surface area contributed by atoms with Crippen LogP contribution in [0.1, 0.15) is 37.7 Å². The van der Waals surface area contributed by atoms with Gasteiger partial charge in [-0.15, -0.1) is 0 Å². The Bertz CT molecular complexity index is 451. The second-order valence-corrected chi connectivity index (χ2v) is 5.95. The summed E-state index contributed by atoms with van der Waals surface area (Å²) in [6.45, 7) is 2.39. The van der Waals surface area contributed by atoms with E-state index in [1.165, 1.54) is 12.8 Å². The minimum atomic E-state index is -0.417. The maximum Gasteiger partial charge on any atom is 0.0709 e. The average Bonchev–Trinajstić information content (AvgIpc) is 2.46. The van der Waals surface area contributed by atoms with Crippen molar-refractivity contribution < 1.29 is 5.11 Å². The van der Waals surface area contributed by atoms with Gasteiger partial charge in [0.15, 0.2) is 0 Å². The monoisotopic (exact) mass is 261 g/mol. The van der Waals surface area contributed by atoms with Crippen LogP contribution in [-0.2, 0) is 6.54 Å². The lowest BCUT2D eigenvalue weighted by atomic mass is 9.71. The van der Waals surface area contributed by atoms with E-state index in [1.54, 1.807) is 6.20 Å². The molecule has 1 aliphatic heterocycles. The van der Waals surface area contributed by atoms with E-state index in [4.69, 9.17) is 5.73 Å². The minimum Gasteiger partial charge on any atom is -0.389 e. The number of hydrogen-bond donors (Lipinski definition) is 2. The van der Waals surface area contributed by atoms with Crippen LogP contribution in [0.5, 0.6) is 0 Å². The molecule has 4 heteroatoms. The van der Waals surface area contributed by atoms with E-state index in [0.717, 1.165) is 43.6 Å². The zero-order valence-corrected chi connectivity index (χ0v) is 11.4. The van der Waals surface area contributed by atoms with E-state index in [2.05, 4.69) is 9.88 Å². The second-order valence-electron chi connectivity index (χ2n) is 5.95. The highest BCUT2D eigenvalue weighted by Gasteiger charge is 2.42. The highest BCUT2D eigenvalue weighted by Crippen LogP contribution is 2.41. The summed E-state index contributed by atoms with van der Waals surface area (Å²) < 4.78 is 0. The normalized spacial score (nSPS) is 31.1. The van der Waals surface area contributed by atoms with E-state index in [9.17, 15) is 5.11 Å². The van der Waals surface area contributed by atoms with Gasteiger partial charge in [0.25, 0.3) is 0 Å². The first-order chi connectivity index (χ1) is 9.23. The number of nitrogens with zero attached hydrogens (tertiary/aromatic N) is 2. The van der Waals surface area contributed by atoms with Crippen LogP contribution in [0.2, 0.25) is 0 Å². The quantitative estimate of drug-likeness (QED) is 0.850. The third-order valence-corrected chi connectivity index (χ3v) is 4.88. The number of piperidine rings is 1. The molecule has 1 saturated carbocycles. The van der Waals surface area contributed by atoms with Gasteiger partial charge in [0, 0.05) is 31.7 Å². The van der Waals surface area contributed by atoms with Crippen molar-refractivity contribution in [1.82, 2.24) is 4.98 Å². The first-order valence-electron chi connectivity index (χ1n) is 7.33. The van der Waals surface area contributed by atoms with Gasteiger partial charge in [-0.05, 0) is 30.9 Å². The predicted molar refractivity (Wildman–Crippen MR) is 75.9 cm³/mol. The van der Waals surface area contributed by atoms with Crippen LogP contribution in [0.15, 0.2) is 18.5 Å². The number of hydrogen-bond acceptors (Lipinski definition) is 4. The Morgan fingerprint density at radius 3 is 3.16 bits per heavy atom. The highest BCUT2D eigenvalue weighted by atomic mass is 16.3. The summed E-state index contributed by atoms with van der Waals surface area (Å²) in [5, 5.41) is 10.7. The van der Waals surface area contributed by atoms with Gasteiger partial charge in [-0.2, -0.15) is 0 Å². The zero-order valence-electron chi connectivity index (χ0n) is 11.4. The van der Waals surface area contributed by atoms with Crippen molar-refractivity contribution in [2.24, 2.45) is 11.7 Å². The fraction of sp³-hybridized carbons (Fsp3) is 0.667. The number of pyridine rings is 1. The van der Waals surface area contributed by atoms with Crippen LogP contribution in [0.25, 0.3) is 0 Å². The Hall–Kier alpha value is -1.13. The van der Waals surface area contributed by atoms with Gasteiger partial charge in [-0.1, -0.05) is 12.8 Å². The van der Waals surface area contributed by atoms with Crippen molar-refractivity contribution in [2.45, 2.75) is 44.2 Å². The van der Waals surface area contributed by atoms with Crippen LogP contribution in [0, 0.1) is 5.92 Å². The van der Waals surface area contributed by atoms with Crippen LogP contribution in [0.3, 0.4) is 0 Å². The standard InChI is InChI=1S/C15H23N3O/c16-9-12-4-7-17-10-14(12)18-8-6-15(19)5-2-1-3-13(15)11-18/h4,7,10,13,19H,1-3,5-6,8-9,11,16H2. The molecule has 0 aromatic carbocycles. The molecule has 2 unspecified atom stereocenters. The Morgan fingerprint density at radius 2 is 2.32 bits per heavy atom. The van der Waals surface area contributed by atoms with Crippen molar-refractivity contribution >= 4 is 5.69 Å². The Kier molecular flexibility index (Phi) is 3.46. The molecule has 0 spiro atoms. The molecule has 0 radical (unpaired) electrons. The molecule has 1 aliphatic carbocycles. The molecule has 3 N–H and O–H groups in total. The van der Waals surface area contributed by atoms with Gasteiger partial charge in [-0.3, -0.25) is 4.98 Å². The maximum atomic E-state index is 10.7. The van der Waals surface area contributed by atoms with Crippen molar-refractivity contribution in [3.63, 3.8) is 0 Å². The van der Waals surface area contributed by atoms with Gasteiger partial charge < -0.3 is 15.7 Å². The summed E-state index contributed by atoms with van der Waals surface area (Å²) in [7, 11) is 0. The van der Waals surface area contributed by atoms with Gasteiger partial charge in [0.1, 0.15) is 0 Å². The van der Waals surface area contributed by atoms with E-state index < -0.39 is 5.60 Å². The Morgan fingerprint density at radius 1 is 1.42 bits per heavy atom. The molecule has 104 valence electrons. The molecule has 1 aromatic heterocycles. The molecule has 2 aliphatic rings. The Balaban J connectivity index is 1.81. The summed E-state index contributed by atoms with van der Waals surface area (Å²) >= 11 is 0. The lowest BCUT2D eigenvalue weighted by Gasteiger charge is -2.48. The van der Waals surface area contributed by atoms with Gasteiger partial charge in [0.05, 0.1) is 17.5 Å². The molecular formula is C15H23N3O. The molecule has 2 fully saturated rings. The molecule has 4 nitrogen and oxygen atoms in total. The molecule has 2 heterocycles. The smallest absolute Gasteiger partial charge is 0.0709 e. The van der Waals surface area contributed by atoms with Crippen molar-refractivity contribution in [1.29, 1.82) is 0 Å². The summed E-state index contributed by atoms with van der Waals surface area (Å²) in [5.74, 6) is 0.404. The van der Waals surface area contributed by atoms with Crippen LogP contribution >= 0.6 is 0 Å². The van der Waals surface area contributed by atoms with Crippen molar-refractivity contribution in [2.75, 3.05) is 18.0 Å².